The molecule has 0 aromatic carbocycles. The number of aromatic nitrogens is 10. The van der Waals surface area contributed by atoms with Gasteiger partial charge in [-0.15, -0.1) is 0 Å². The lowest BCUT2D eigenvalue weighted by Crippen LogP contribution is -2.45. The number of esters is 1. The van der Waals surface area contributed by atoms with Gasteiger partial charge < -0.3 is 30.9 Å². The third-order valence-corrected chi connectivity index (χ3v) is 12.4. The number of aryl methyl sites for hydroxylation is 2. The van der Waals surface area contributed by atoms with Crippen molar-refractivity contribution in [2.24, 2.45) is 5.73 Å². The number of nitrogens with one attached hydrogen (secondary N) is 2. The van der Waals surface area contributed by atoms with Gasteiger partial charge in [0, 0.05) is 56.4 Å². The molecule has 6 aromatic heterocycles. The van der Waals surface area contributed by atoms with Crippen molar-refractivity contribution < 1.29 is 55.1 Å². The van der Waals surface area contributed by atoms with Gasteiger partial charge in [-0.05, 0) is 71.7 Å². The lowest BCUT2D eigenvalue weighted by molar-refractivity contribution is -0.155. The SMILES string of the molecule is Cc1nc(N(Cc2cnn(Cc3ccc(C(F)(F)F)nc3)c2)C(=O)CCC(=O)OC(C)(C)C)nc2c1NC(=O)[C@H](C)N2C.Cc1nc(N(Cc2cnn(Cc3ccc(C(F)(F)F)nc3)c2)C(=O)CN)nc2c1NC(=O)[C@H](C)N2C. The minimum absolute atomic E-state index is 0.0116. The maximum absolute atomic E-state index is 13.5. The molecule has 0 saturated heterocycles. The summed E-state index contributed by atoms with van der Waals surface area (Å²) in [5.41, 5.74) is 7.06. The number of nitrogens with zero attached hydrogens (tertiary/aromatic N) is 14. The van der Waals surface area contributed by atoms with Crippen LogP contribution in [0.3, 0.4) is 0 Å². The smallest absolute Gasteiger partial charge is 0.433 e. The molecule has 4 N–H and O–H groups in total. The van der Waals surface area contributed by atoms with Crippen molar-refractivity contribution in [2.75, 3.05) is 50.9 Å². The summed E-state index contributed by atoms with van der Waals surface area (Å²) in [5, 5.41) is 14.1. The number of hydrogen-bond acceptors (Lipinski definition) is 17. The fraction of sp³-hybridized carbons (Fsp3) is 0.420. The van der Waals surface area contributed by atoms with E-state index in [-0.39, 0.29) is 69.3 Å². The number of nitrogens with two attached hydrogens (primary N) is 1. The number of ether oxygens (including phenoxy) is 1. The number of likely N-dealkylation sites (N-methyl/N-ethyl adjacent to an activating group) is 2. The lowest BCUT2D eigenvalue weighted by Gasteiger charge is -2.33. The first-order valence-corrected chi connectivity index (χ1v) is 24.4. The van der Waals surface area contributed by atoms with Crippen molar-refractivity contribution >= 4 is 64.5 Å². The van der Waals surface area contributed by atoms with E-state index in [4.69, 9.17) is 10.5 Å². The third kappa shape index (κ3) is 14.1. The second-order valence-electron chi connectivity index (χ2n) is 19.6. The van der Waals surface area contributed by atoms with E-state index < -0.39 is 59.2 Å². The molecular formula is C50H57F6N17O6. The van der Waals surface area contributed by atoms with Crippen molar-refractivity contribution in [3.63, 3.8) is 0 Å². The highest BCUT2D eigenvalue weighted by Crippen LogP contribution is 2.35. The Morgan fingerprint density at radius 2 is 1.05 bits per heavy atom. The van der Waals surface area contributed by atoms with Crippen molar-refractivity contribution in [1.29, 1.82) is 0 Å². The zero-order valence-corrected chi connectivity index (χ0v) is 44.4. The zero-order chi connectivity index (χ0) is 57.9. The van der Waals surface area contributed by atoms with Gasteiger partial charge in [-0.3, -0.25) is 53.1 Å². The van der Waals surface area contributed by atoms with E-state index in [1.807, 2.05) is 0 Å². The number of amides is 4. The van der Waals surface area contributed by atoms with Crippen LogP contribution in [-0.2, 0) is 67.2 Å². The molecule has 0 bridgehead atoms. The Labute approximate surface area is 448 Å². The van der Waals surface area contributed by atoms with Gasteiger partial charge in [0.05, 0.1) is 62.9 Å². The summed E-state index contributed by atoms with van der Waals surface area (Å²) in [4.78, 5) is 94.1. The molecule has 0 fully saturated rings. The summed E-state index contributed by atoms with van der Waals surface area (Å²) < 4.78 is 85.1. The molecule has 0 saturated carbocycles. The quantitative estimate of drug-likeness (QED) is 0.0886. The Bertz CT molecular complexity index is 3230. The van der Waals surface area contributed by atoms with Gasteiger partial charge in [0.25, 0.3) is 0 Å². The van der Waals surface area contributed by atoms with Crippen molar-refractivity contribution in [3.8, 4) is 0 Å². The number of carbonyl (C=O) groups is 5. The summed E-state index contributed by atoms with van der Waals surface area (Å²) in [7, 11) is 3.45. The minimum atomic E-state index is -4.54. The van der Waals surface area contributed by atoms with Crippen LogP contribution in [0.15, 0.2) is 61.4 Å². The maximum atomic E-state index is 13.5. The average Bonchev–Trinajstić information content (AvgIpc) is 4.19. The standard InChI is InChI=1S/C28H33F3N8O4.C22H24F3N9O2/c1-16-23-24(37(6)17(2)25(42)35-23)36-26(34-16)39(21(40)9-10-22(41)43-27(3,4)5)15-19-12-33-38(14-19)13-18-7-8-20(32-11-18)28(29,30)31;1-12-18-19(32(3)13(2)20(36)30-18)31-21(29-12)34(17(35)6-26)11-15-8-28-33(10-15)9-14-4-5-16(27-7-14)22(23,24)25/h7-8,11-12,14,17H,9-10,13,15H2,1-6H3,(H,35,42);4-5,7-8,10,13H,6,9,11,26H2,1-3H3,(H,30,36)/t17-;13-/m00/s1. The molecule has 0 spiro atoms. The second-order valence-corrected chi connectivity index (χ2v) is 19.6. The largest absolute Gasteiger partial charge is 0.460 e. The predicted molar refractivity (Wildman–Crippen MR) is 274 cm³/mol. The number of halogens is 6. The van der Waals surface area contributed by atoms with Crippen LogP contribution in [0.4, 0.5) is 61.2 Å². The molecule has 8 rings (SSSR count). The molecule has 23 nitrogen and oxygen atoms in total. The number of pyridine rings is 2. The van der Waals surface area contributed by atoms with E-state index in [1.165, 1.54) is 43.7 Å². The van der Waals surface area contributed by atoms with Crippen LogP contribution in [0.5, 0.6) is 0 Å². The number of alkyl halides is 6. The molecule has 4 amide bonds. The zero-order valence-electron chi connectivity index (χ0n) is 44.4. The molecule has 2 aliphatic rings. The van der Waals surface area contributed by atoms with E-state index >= 15 is 0 Å². The van der Waals surface area contributed by atoms with Crippen LogP contribution in [0.1, 0.15) is 92.5 Å². The van der Waals surface area contributed by atoms with Crippen molar-refractivity contribution in [1.82, 2.24) is 49.5 Å². The Morgan fingerprint density at radius 3 is 1.42 bits per heavy atom. The monoisotopic (exact) mass is 1110 g/mol. The Morgan fingerprint density at radius 1 is 0.633 bits per heavy atom. The van der Waals surface area contributed by atoms with E-state index in [9.17, 15) is 50.3 Å². The van der Waals surface area contributed by atoms with Crippen molar-refractivity contribution in [3.05, 3.63) is 106 Å². The second kappa shape index (κ2) is 23.1. The fourth-order valence-electron chi connectivity index (χ4n) is 7.95. The lowest BCUT2D eigenvalue weighted by atomic mass is 10.1. The molecule has 0 aliphatic carbocycles. The molecule has 2 atom stereocenters. The Kier molecular flexibility index (Phi) is 17.0. The first-order valence-electron chi connectivity index (χ1n) is 24.4. The molecule has 8 heterocycles. The van der Waals surface area contributed by atoms with E-state index in [0.717, 1.165) is 24.5 Å². The molecular weight excluding hydrogens is 1050 g/mol. The molecule has 6 aromatic rings. The number of hydrogen-bond donors (Lipinski definition) is 3. The van der Waals surface area contributed by atoms with Gasteiger partial charge in [-0.1, -0.05) is 12.1 Å². The summed E-state index contributed by atoms with van der Waals surface area (Å²) >= 11 is 0. The first kappa shape index (κ1) is 58.1. The molecule has 420 valence electrons. The highest BCUT2D eigenvalue weighted by molar-refractivity contribution is 6.04. The van der Waals surface area contributed by atoms with Crippen molar-refractivity contribution in [2.45, 2.75) is 118 Å². The van der Waals surface area contributed by atoms with Gasteiger partial charge in [0.1, 0.15) is 40.4 Å². The predicted octanol–water partition coefficient (Wildman–Crippen LogP) is 5.59. The summed E-state index contributed by atoms with van der Waals surface area (Å²) in [6.45, 7) is 12.1. The molecule has 2 aliphatic heterocycles. The number of anilines is 6. The summed E-state index contributed by atoms with van der Waals surface area (Å²) in [6, 6.07) is 3.50. The molecule has 0 unspecified atom stereocenters. The summed E-state index contributed by atoms with van der Waals surface area (Å²) in [6.07, 6.45) is -0.741. The topological polar surface area (TPSA) is 271 Å². The van der Waals surface area contributed by atoms with Gasteiger partial charge >= 0.3 is 18.3 Å². The third-order valence-electron chi connectivity index (χ3n) is 12.4. The normalized spacial score (nSPS) is 15.3. The Hall–Kier alpha value is -8.63. The molecule has 0 radical (unpaired) electrons. The first-order chi connectivity index (χ1) is 37.0. The maximum Gasteiger partial charge on any atom is 0.433 e. The van der Waals surface area contributed by atoms with E-state index in [2.05, 4.69) is 50.7 Å². The Balaban J connectivity index is 0.000000232. The fourth-order valence-corrected chi connectivity index (χ4v) is 7.95. The number of carbonyl (C=O) groups excluding carboxylic acids is 5. The molecule has 79 heavy (non-hydrogen) atoms. The van der Waals surface area contributed by atoms with Gasteiger partial charge in [-0.25, -0.2) is 9.97 Å². The van der Waals surface area contributed by atoms with Gasteiger partial charge in [0.15, 0.2) is 11.6 Å². The van der Waals surface area contributed by atoms with Gasteiger partial charge in [0.2, 0.25) is 35.5 Å². The van der Waals surface area contributed by atoms with E-state index in [0.29, 0.717) is 56.7 Å². The van der Waals surface area contributed by atoms with Crippen LogP contribution < -0.4 is 36.0 Å². The minimum Gasteiger partial charge on any atom is -0.460 e. The van der Waals surface area contributed by atoms with Crippen LogP contribution in [-0.4, -0.2) is 117 Å². The van der Waals surface area contributed by atoms with Crippen LogP contribution >= 0.6 is 0 Å². The average molecular weight is 1110 g/mol. The summed E-state index contributed by atoms with van der Waals surface area (Å²) in [5.74, 6) is -0.695. The highest BCUT2D eigenvalue weighted by atomic mass is 19.4. The highest BCUT2D eigenvalue weighted by Gasteiger charge is 2.36. The van der Waals surface area contributed by atoms with Crippen LogP contribution in [0.2, 0.25) is 0 Å². The van der Waals surface area contributed by atoms with E-state index in [1.54, 1.807) is 84.8 Å². The van der Waals surface area contributed by atoms with Gasteiger partial charge in [-0.2, -0.15) is 46.5 Å². The van der Waals surface area contributed by atoms with Crippen LogP contribution in [0.25, 0.3) is 0 Å². The number of rotatable bonds is 14. The number of fused-ring (bicyclic) bond motifs is 2. The molecule has 29 heteroatoms. The van der Waals surface area contributed by atoms with Crippen LogP contribution in [0, 0.1) is 13.8 Å².